The second-order valence-electron chi connectivity index (χ2n) is 11.1. The van der Waals surface area contributed by atoms with Gasteiger partial charge in [-0.1, -0.05) is 26.8 Å². The molecule has 1 aromatic carbocycles. The van der Waals surface area contributed by atoms with Gasteiger partial charge in [0, 0.05) is 17.4 Å². The molecule has 0 aromatic heterocycles. The molecule has 8 atom stereocenters. The molecule has 222 valence electrons. The zero-order valence-electron chi connectivity index (χ0n) is 22.7. The zero-order chi connectivity index (χ0) is 30.7. The number of ether oxygens (including phenoxy) is 1. The molecular weight excluding hydrogens is 542 g/mol. The number of hydrogen-bond donors (Lipinski definition) is 8. The Bertz CT molecular complexity index is 1370. The van der Waals surface area contributed by atoms with Crippen LogP contribution in [0.5, 0.6) is 5.75 Å². The van der Waals surface area contributed by atoms with Gasteiger partial charge >= 0.3 is 12.0 Å². The normalized spacial score (nSPS) is 31.5. The van der Waals surface area contributed by atoms with Crippen LogP contribution >= 0.6 is 0 Å². The van der Waals surface area contributed by atoms with Crippen LogP contribution < -0.4 is 16.4 Å². The first-order valence-corrected chi connectivity index (χ1v) is 13.0. The lowest BCUT2D eigenvalue weighted by Crippen LogP contribution is -2.67. The van der Waals surface area contributed by atoms with Crippen LogP contribution in [0.4, 0.5) is 10.5 Å². The van der Waals surface area contributed by atoms with Crippen LogP contribution in [0.25, 0.3) is 0 Å². The molecule has 0 bridgehead atoms. The van der Waals surface area contributed by atoms with Gasteiger partial charge in [0.1, 0.15) is 17.7 Å². The number of phenols is 1. The smallest absolute Gasteiger partial charge is 0.328 e. The highest BCUT2D eigenvalue weighted by Gasteiger charge is 2.66. The third-order valence-electron chi connectivity index (χ3n) is 8.48. The molecule has 4 rings (SSSR count). The summed E-state index contributed by atoms with van der Waals surface area (Å²) in [5, 5.41) is 60.2. The summed E-state index contributed by atoms with van der Waals surface area (Å²) in [5.41, 5.74) is 1.45. The molecular formula is C27H33N3O11. The molecule has 14 heteroatoms. The van der Waals surface area contributed by atoms with Gasteiger partial charge in [-0.2, -0.15) is 0 Å². The minimum absolute atomic E-state index is 0.230. The summed E-state index contributed by atoms with van der Waals surface area (Å²) in [6, 6.07) is 0.830. The Hall–Kier alpha value is -4.01. The zero-order valence-corrected chi connectivity index (χ0v) is 22.7. The van der Waals surface area contributed by atoms with Crippen LogP contribution in [0.3, 0.4) is 0 Å². The average Bonchev–Trinajstić information content (AvgIpc) is 2.90. The third kappa shape index (κ3) is 4.42. The van der Waals surface area contributed by atoms with E-state index in [-0.39, 0.29) is 22.7 Å². The number of rotatable bonds is 5. The Kier molecular flexibility index (Phi) is 7.62. The maximum atomic E-state index is 13.8. The summed E-state index contributed by atoms with van der Waals surface area (Å²) < 4.78 is 4.69. The number of Topliss-reactive ketones (excluding diaryl/α,β-unsaturated/α-hetero) is 2. The Balaban J connectivity index is 1.77. The predicted molar refractivity (Wildman–Crippen MR) is 140 cm³/mol. The lowest BCUT2D eigenvalue weighted by molar-refractivity contribution is -0.179. The van der Waals surface area contributed by atoms with E-state index < -0.39 is 100 Å². The fourth-order valence-electron chi connectivity index (χ4n) is 6.33. The number of aliphatic hydroxyl groups is 4. The van der Waals surface area contributed by atoms with E-state index >= 15 is 0 Å². The highest BCUT2D eigenvalue weighted by atomic mass is 16.5. The number of methoxy groups -OCH3 is 1. The molecule has 1 aromatic rings. The van der Waals surface area contributed by atoms with E-state index in [0.717, 1.165) is 7.11 Å². The Morgan fingerprint density at radius 1 is 1.15 bits per heavy atom. The number of nitrogens with one attached hydrogen (secondary N) is 2. The van der Waals surface area contributed by atoms with Crippen LogP contribution in [0, 0.1) is 23.7 Å². The number of ketones is 2. The minimum atomic E-state index is -2.90. The van der Waals surface area contributed by atoms with Crippen molar-refractivity contribution >= 4 is 35.2 Å². The Labute approximate surface area is 234 Å². The van der Waals surface area contributed by atoms with Crippen molar-refractivity contribution in [1.82, 2.24) is 5.32 Å². The molecule has 0 radical (unpaired) electrons. The van der Waals surface area contributed by atoms with Crippen molar-refractivity contribution in [3.63, 3.8) is 0 Å². The summed E-state index contributed by atoms with van der Waals surface area (Å²) in [4.78, 5) is 63.5. The molecule has 3 unspecified atom stereocenters. The molecule has 0 saturated heterocycles. The van der Waals surface area contributed by atoms with Crippen molar-refractivity contribution in [1.29, 1.82) is 0 Å². The second-order valence-corrected chi connectivity index (χ2v) is 11.1. The molecule has 14 nitrogen and oxygen atoms in total. The standard InChI is InChI=1S/C27H33N3O11/c1-8(2)18(25(38)41-4)30-26(39)29-12-6-5-10-9(3)14-17(21(34)15(10)20(12)33)23(36)27(40)11(19(14)32)7-13(31)16(22(27)35)24(28)37/h5-6,8-9,11,13-14,16,18-19,31-33,36,40H,7H2,1-4H3,(H2,28,37)(H2,29,30,39)/t9-,11+,13?,14+,16?,18?,19+,27+/m0/s1. The van der Waals surface area contributed by atoms with Gasteiger partial charge in [-0.05, 0) is 29.9 Å². The molecule has 3 aliphatic rings. The molecule has 9 N–H and O–H groups in total. The molecule has 0 heterocycles. The van der Waals surface area contributed by atoms with Gasteiger partial charge in [-0.25, -0.2) is 9.59 Å². The Morgan fingerprint density at radius 2 is 1.78 bits per heavy atom. The highest BCUT2D eigenvalue weighted by Crippen LogP contribution is 2.55. The van der Waals surface area contributed by atoms with Crippen LogP contribution in [0.1, 0.15) is 49.0 Å². The fourth-order valence-corrected chi connectivity index (χ4v) is 6.33. The van der Waals surface area contributed by atoms with Crippen molar-refractivity contribution < 1.29 is 54.2 Å². The van der Waals surface area contributed by atoms with Crippen molar-refractivity contribution in [3.8, 4) is 5.75 Å². The van der Waals surface area contributed by atoms with Crippen LogP contribution in [0.2, 0.25) is 0 Å². The first kappa shape index (κ1) is 30.0. The maximum Gasteiger partial charge on any atom is 0.328 e. The molecule has 3 aliphatic carbocycles. The lowest BCUT2D eigenvalue weighted by atomic mass is 9.54. The summed E-state index contributed by atoms with van der Waals surface area (Å²) in [6.07, 6.45) is -3.72. The van der Waals surface area contributed by atoms with Crippen molar-refractivity contribution in [3.05, 3.63) is 34.6 Å². The van der Waals surface area contributed by atoms with E-state index in [1.807, 2.05) is 0 Å². The van der Waals surface area contributed by atoms with E-state index in [0.29, 0.717) is 0 Å². The predicted octanol–water partition coefficient (Wildman–Crippen LogP) is -0.404. The summed E-state index contributed by atoms with van der Waals surface area (Å²) in [5.74, 6) is -11.8. The van der Waals surface area contributed by atoms with Crippen LogP contribution in [-0.4, -0.2) is 86.0 Å². The monoisotopic (exact) mass is 575 g/mol. The number of benzene rings is 1. The number of nitrogens with two attached hydrogens (primary N) is 1. The van der Waals surface area contributed by atoms with Gasteiger partial charge in [0.15, 0.2) is 22.9 Å². The van der Waals surface area contributed by atoms with Gasteiger partial charge in [0.2, 0.25) is 5.91 Å². The average molecular weight is 576 g/mol. The second kappa shape index (κ2) is 10.4. The van der Waals surface area contributed by atoms with E-state index in [1.54, 1.807) is 20.8 Å². The van der Waals surface area contributed by atoms with Crippen molar-refractivity contribution in [2.45, 2.75) is 57.0 Å². The number of esters is 1. The number of fused-ring (bicyclic) bond motifs is 3. The topological polar surface area (TPSA) is 246 Å². The number of hydrogen-bond acceptors (Lipinski definition) is 11. The SMILES string of the molecule is COC(=O)C(NC(=O)Nc1ccc2c(c1O)C(=O)C1=C(O)[C@]3(O)C(=O)C(C(N)=O)C(O)C[C@@H]3[C@@H](O)[C@@H]1[C@H]2C)C(C)C. The number of carbonyl (C=O) groups excluding carboxylic acids is 5. The van der Waals surface area contributed by atoms with Gasteiger partial charge in [-0.3, -0.25) is 14.4 Å². The number of aliphatic hydroxyl groups excluding tert-OH is 3. The van der Waals surface area contributed by atoms with E-state index in [9.17, 15) is 49.5 Å². The summed E-state index contributed by atoms with van der Waals surface area (Å²) in [7, 11) is 1.16. The number of amides is 3. The number of phenolic OH excluding ortho intramolecular Hbond substituents is 1. The van der Waals surface area contributed by atoms with Gasteiger partial charge in [0.25, 0.3) is 0 Å². The number of anilines is 1. The molecule has 41 heavy (non-hydrogen) atoms. The van der Waals surface area contributed by atoms with Crippen molar-refractivity contribution in [2.75, 3.05) is 12.4 Å². The largest absolute Gasteiger partial charge is 0.508 e. The van der Waals surface area contributed by atoms with E-state index in [4.69, 9.17) is 5.73 Å². The number of urea groups is 1. The fraction of sp³-hybridized carbons (Fsp3) is 0.519. The first-order valence-electron chi connectivity index (χ1n) is 13.0. The number of carbonyl (C=O) groups is 5. The summed E-state index contributed by atoms with van der Waals surface area (Å²) >= 11 is 0. The lowest BCUT2D eigenvalue weighted by Gasteiger charge is -2.52. The van der Waals surface area contributed by atoms with E-state index in [2.05, 4.69) is 15.4 Å². The molecule has 0 spiro atoms. The first-order chi connectivity index (χ1) is 19.1. The highest BCUT2D eigenvalue weighted by molar-refractivity contribution is 6.17. The van der Waals surface area contributed by atoms with E-state index in [1.165, 1.54) is 12.1 Å². The van der Waals surface area contributed by atoms with Crippen LogP contribution in [-0.2, 0) is 19.1 Å². The molecule has 0 aliphatic heterocycles. The third-order valence-corrected chi connectivity index (χ3v) is 8.48. The maximum absolute atomic E-state index is 13.8. The molecule has 1 fully saturated rings. The molecule has 3 amide bonds. The number of aromatic hydroxyl groups is 1. The van der Waals surface area contributed by atoms with Crippen molar-refractivity contribution in [2.24, 2.45) is 29.4 Å². The van der Waals surface area contributed by atoms with Gasteiger partial charge in [0.05, 0.1) is 30.6 Å². The quantitative estimate of drug-likeness (QED) is 0.127. The van der Waals surface area contributed by atoms with Crippen LogP contribution in [0.15, 0.2) is 23.5 Å². The summed E-state index contributed by atoms with van der Waals surface area (Å²) in [6.45, 7) is 4.94. The van der Waals surface area contributed by atoms with Gasteiger partial charge in [-0.15, -0.1) is 0 Å². The Morgan fingerprint density at radius 3 is 2.34 bits per heavy atom. The molecule has 1 saturated carbocycles. The van der Waals surface area contributed by atoms with Gasteiger partial charge < -0.3 is 46.6 Å². The minimum Gasteiger partial charge on any atom is -0.508 e. The number of primary amides is 1.